The molecule has 0 radical (unpaired) electrons. The number of aromatic nitrogens is 1. The van der Waals surface area contributed by atoms with E-state index >= 15 is 0 Å². The van der Waals surface area contributed by atoms with Gasteiger partial charge in [-0.2, -0.15) is 0 Å². The number of hydrogen-bond donors (Lipinski definition) is 1. The lowest BCUT2D eigenvalue weighted by atomic mass is 10.1. The average Bonchev–Trinajstić information content (AvgIpc) is 3.19. The summed E-state index contributed by atoms with van der Waals surface area (Å²) < 4.78 is 10.5. The van der Waals surface area contributed by atoms with Crippen molar-refractivity contribution in [1.29, 1.82) is 0 Å². The van der Waals surface area contributed by atoms with Gasteiger partial charge in [0, 0.05) is 22.1 Å². The van der Waals surface area contributed by atoms with Crippen molar-refractivity contribution in [1.82, 2.24) is 4.98 Å². The van der Waals surface area contributed by atoms with Crippen LogP contribution in [0.15, 0.2) is 60.7 Å². The number of methoxy groups -OCH3 is 1. The minimum Gasteiger partial charge on any atom is -0.493 e. The minimum atomic E-state index is -0.359. The first kappa shape index (κ1) is 22.2. The number of hydrogen-bond acceptors (Lipinski definition) is 6. The zero-order chi connectivity index (χ0) is 22.1. The Morgan fingerprint density at radius 1 is 1.10 bits per heavy atom. The van der Waals surface area contributed by atoms with Crippen LogP contribution in [0.1, 0.15) is 23.8 Å². The Labute approximate surface area is 185 Å². The Bertz CT molecular complexity index is 1060. The third kappa shape index (κ3) is 6.26. The number of benzene rings is 2. The molecule has 0 saturated heterocycles. The van der Waals surface area contributed by atoms with Gasteiger partial charge in [-0.3, -0.25) is 14.9 Å². The molecule has 1 heterocycles. The van der Waals surface area contributed by atoms with E-state index in [1.165, 1.54) is 24.5 Å². The summed E-state index contributed by atoms with van der Waals surface area (Å²) >= 11 is 1.26. The molecule has 3 aromatic rings. The average molecular weight is 437 g/mol. The molecular weight excluding hydrogens is 412 g/mol. The van der Waals surface area contributed by atoms with Crippen LogP contribution >= 0.6 is 11.3 Å². The third-order valence-electron chi connectivity index (χ3n) is 4.30. The van der Waals surface area contributed by atoms with Crippen LogP contribution in [-0.2, 0) is 20.7 Å². The summed E-state index contributed by atoms with van der Waals surface area (Å²) in [4.78, 5) is 29.6. The number of rotatable bonds is 9. The van der Waals surface area contributed by atoms with Crippen LogP contribution in [0.3, 0.4) is 0 Å². The Hall–Kier alpha value is -3.45. The van der Waals surface area contributed by atoms with E-state index in [0.717, 1.165) is 28.2 Å². The Morgan fingerprint density at radius 2 is 1.84 bits per heavy atom. The maximum absolute atomic E-state index is 12.5. The van der Waals surface area contributed by atoms with Gasteiger partial charge in [0.25, 0.3) is 0 Å². The van der Waals surface area contributed by atoms with Gasteiger partial charge in [0.15, 0.2) is 5.13 Å². The molecule has 0 atom stereocenters. The first-order valence-corrected chi connectivity index (χ1v) is 10.7. The highest BCUT2D eigenvalue weighted by molar-refractivity contribution is 7.16. The maximum atomic E-state index is 12.5. The van der Waals surface area contributed by atoms with Crippen molar-refractivity contribution in [3.05, 3.63) is 71.1 Å². The van der Waals surface area contributed by atoms with Gasteiger partial charge in [0.2, 0.25) is 5.91 Å². The van der Waals surface area contributed by atoms with Crippen LogP contribution in [0.2, 0.25) is 0 Å². The molecule has 1 N–H and O–H groups in total. The van der Waals surface area contributed by atoms with Gasteiger partial charge in [-0.1, -0.05) is 55.5 Å². The van der Waals surface area contributed by atoms with E-state index < -0.39 is 0 Å². The van der Waals surface area contributed by atoms with Crippen molar-refractivity contribution in [2.24, 2.45) is 0 Å². The van der Waals surface area contributed by atoms with Crippen LogP contribution in [0, 0.1) is 0 Å². The zero-order valence-corrected chi connectivity index (χ0v) is 18.3. The van der Waals surface area contributed by atoms with Gasteiger partial charge < -0.3 is 9.47 Å². The molecule has 0 bridgehead atoms. The van der Waals surface area contributed by atoms with E-state index in [-0.39, 0.29) is 18.3 Å². The molecule has 0 aliphatic carbocycles. The van der Waals surface area contributed by atoms with Crippen LogP contribution in [0.25, 0.3) is 17.3 Å². The largest absolute Gasteiger partial charge is 0.493 e. The Kier molecular flexibility index (Phi) is 7.95. The third-order valence-corrected chi connectivity index (χ3v) is 5.27. The lowest BCUT2D eigenvalue weighted by molar-refractivity contribution is -0.139. The summed E-state index contributed by atoms with van der Waals surface area (Å²) in [5.41, 5.74) is 2.35. The molecule has 31 heavy (non-hydrogen) atoms. The van der Waals surface area contributed by atoms with Crippen LogP contribution in [0.5, 0.6) is 5.75 Å². The number of amides is 1. The highest BCUT2D eigenvalue weighted by Gasteiger charge is 2.17. The van der Waals surface area contributed by atoms with Crippen molar-refractivity contribution in [2.75, 3.05) is 19.0 Å². The first-order chi connectivity index (χ1) is 15.1. The fourth-order valence-electron chi connectivity index (χ4n) is 2.82. The van der Waals surface area contributed by atoms with E-state index in [2.05, 4.69) is 10.3 Å². The van der Waals surface area contributed by atoms with Crippen molar-refractivity contribution >= 4 is 34.4 Å². The van der Waals surface area contributed by atoms with E-state index in [1.54, 1.807) is 6.08 Å². The van der Waals surface area contributed by atoms with Gasteiger partial charge in [-0.05, 0) is 18.6 Å². The van der Waals surface area contributed by atoms with E-state index in [9.17, 15) is 9.59 Å². The number of carbonyl (C=O) groups excluding carboxylic acids is 2. The van der Waals surface area contributed by atoms with Gasteiger partial charge in [0.1, 0.15) is 5.75 Å². The number of nitrogens with zero attached hydrogens (tertiary/aromatic N) is 1. The molecular formula is C24H24N2O4S. The van der Waals surface area contributed by atoms with Gasteiger partial charge in [-0.15, -0.1) is 11.3 Å². The molecule has 0 unspecified atom stereocenters. The number of nitrogens with one attached hydrogen (secondary N) is 1. The zero-order valence-electron chi connectivity index (χ0n) is 17.5. The van der Waals surface area contributed by atoms with Crippen molar-refractivity contribution < 1.29 is 19.1 Å². The molecule has 0 spiro atoms. The van der Waals surface area contributed by atoms with Gasteiger partial charge >= 0.3 is 5.97 Å². The lowest BCUT2D eigenvalue weighted by Gasteiger charge is -2.07. The van der Waals surface area contributed by atoms with E-state index in [0.29, 0.717) is 17.4 Å². The number of thiazole rings is 1. The normalized spacial score (nSPS) is 10.8. The monoisotopic (exact) mass is 436 g/mol. The van der Waals surface area contributed by atoms with Crippen LogP contribution in [-0.4, -0.2) is 30.6 Å². The van der Waals surface area contributed by atoms with Crippen molar-refractivity contribution in [3.8, 4) is 17.0 Å². The second kappa shape index (κ2) is 11.1. The fraction of sp³-hybridized carbons (Fsp3) is 0.208. The standard InChI is InChI=1S/C24H24N2O4S/c1-3-15-30-19-12-8-7-9-17(19)13-14-21(27)25-24-26-23(18-10-5-4-6-11-18)20(31-24)16-22(28)29-2/h4-14H,3,15-16H2,1-2H3,(H,25,26,27)/b14-13+. The molecule has 3 rings (SSSR count). The molecule has 6 nitrogen and oxygen atoms in total. The van der Waals surface area contributed by atoms with E-state index in [1.807, 2.05) is 61.5 Å². The molecule has 0 fully saturated rings. The summed E-state index contributed by atoms with van der Waals surface area (Å²) in [5.74, 6) is 0.0555. The highest BCUT2D eigenvalue weighted by atomic mass is 32.1. The topological polar surface area (TPSA) is 77.5 Å². The van der Waals surface area contributed by atoms with Crippen LogP contribution in [0.4, 0.5) is 5.13 Å². The molecule has 0 aliphatic rings. The molecule has 160 valence electrons. The van der Waals surface area contributed by atoms with Crippen molar-refractivity contribution in [2.45, 2.75) is 19.8 Å². The quantitative estimate of drug-likeness (QED) is 0.379. The molecule has 0 saturated carbocycles. The van der Waals surface area contributed by atoms with Crippen LogP contribution < -0.4 is 10.1 Å². The number of ether oxygens (including phenoxy) is 2. The summed E-state index contributed by atoms with van der Waals surface area (Å²) in [5, 5.41) is 3.20. The number of esters is 1. The SMILES string of the molecule is CCCOc1ccccc1/C=C/C(=O)Nc1nc(-c2ccccc2)c(CC(=O)OC)s1. The Balaban J connectivity index is 1.77. The minimum absolute atomic E-state index is 0.0895. The predicted octanol–water partition coefficient (Wildman–Crippen LogP) is 4.97. The molecule has 1 amide bonds. The number of anilines is 1. The smallest absolute Gasteiger partial charge is 0.310 e. The summed E-state index contributed by atoms with van der Waals surface area (Å²) in [6.45, 7) is 2.65. The Morgan fingerprint density at radius 3 is 2.58 bits per heavy atom. The second-order valence-corrected chi connectivity index (χ2v) is 7.70. The predicted molar refractivity (Wildman–Crippen MR) is 123 cm³/mol. The summed E-state index contributed by atoms with van der Waals surface area (Å²) in [6.07, 6.45) is 4.14. The number of carbonyl (C=O) groups is 2. The van der Waals surface area contributed by atoms with Gasteiger partial charge in [-0.25, -0.2) is 4.98 Å². The summed E-state index contributed by atoms with van der Waals surface area (Å²) in [7, 11) is 1.35. The second-order valence-electron chi connectivity index (χ2n) is 6.62. The first-order valence-electron chi connectivity index (χ1n) is 9.93. The number of para-hydroxylation sites is 1. The maximum Gasteiger partial charge on any atom is 0.310 e. The molecule has 1 aromatic heterocycles. The summed E-state index contributed by atoms with van der Waals surface area (Å²) in [6, 6.07) is 17.1. The van der Waals surface area contributed by atoms with E-state index in [4.69, 9.17) is 9.47 Å². The van der Waals surface area contributed by atoms with Gasteiger partial charge in [0.05, 0.1) is 25.8 Å². The highest BCUT2D eigenvalue weighted by Crippen LogP contribution is 2.32. The lowest BCUT2D eigenvalue weighted by Crippen LogP contribution is -2.07. The fourth-order valence-corrected chi connectivity index (χ4v) is 3.80. The molecule has 7 heteroatoms. The van der Waals surface area contributed by atoms with Crippen molar-refractivity contribution in [3.63, 3.8) is 0 Å². The molecule has 2 aromatic carbocycles. The molecule has 0 aliphatic heterocycles.